The predicted molar refractivity (Wildman–Crippen MR) is 79.9 cm³/mol. The Morgan fingerprint density at radius 2 is 2.11 bits per heavy atom. The first kappa shape index (κ1) is 15.2. The lowest BCUT2D eigenvalue weighted by atomic mass is 10.2. The van der Waals surface area contributed by atoms with Crippen molar-refractivity contribution in [3.05, 3.63) is 28.2 Å². The number of amides is 1. The van der Waals surface area contributed by atoms with Gasteiger partial charge in [0.1, 0.15) is 0 Å². The normalized spacial score (nSPS) is 10.7. The number of carbonyl (C=O) groups excluding carboxylic acids is 1. The molecule has 0 atom stereocenters. The van der Waals surface area contributed by atoms with Gasteiger partial charge in [-0.1, -0.05) is 35.8 Å². The number of nitrogens with one attached hydrogen (secondary N) is 2. The zero-order valence-corrected chi connectivity index (χ0v) is 12.8. The molecule has 0 unspecified atom stereocenters. The molecule has 1 aromatic rings. The summed E-state index contributed by atoms with van der Waals surface area (Å²) in [6.45, 7) is 7.07. The van der Waals surface area contributed by atoms with Gasteiger partial charge in [-0.3, -0.25) is 4.79 Å². The van der Waals surface area contributed by atoms with Gasteiger partial charge in [0.25, 0.3) is 0 Å². The van der Waals surface area contributed by atoms with Crippen molar-refractivity contribution in [3.63, 3.8) is 0 Å². The average Bonchev–Trinajstić information content (AvgIpc) is 2.29. The monoisotopic (exact) mass is 312 g/mol. The number of hydrogen-bond donors (Lipinski definition) is 2. The van der Waals surface area contributed by atoms with E-state index in [-0.39, 0.29) is 5.91 Å². The average molecular weight is 313 g/mol. The summed E-state index contributed by atoms with van der Waals surface area (Å²) >= 11 is 3.40. The second kappa shape index (κ2) is 7.54. The molecular weight excluding hydrogens is 292 g/mol. The van der Waals surface area contributed by atoms with Crippen LogP contribution in [-0.4, -0.2) is 18.5 Å². The maximum atomic E-state index is 11.8. The van der Waals surface area contributed by atoms with E-state index >= 15 is 0 Å². The van der Waals surface area contributed by atoms with Gasteiger partial charge in [0.15, 0.2) is 0 Å². The van der Waals surface area contributed by atoms with Gasteiger partial charge in [-0.25, -0.2) is 0 Å². The van der Waals surface area contributed by atoms with Gasteiger partial charge in [-0.15, -0.1) is 0 Å². The minimum absolute atomic E-state index is 0.0711. The lowest BCUT2D eigenvalue weighted by Gasteiger charge is -2.10. The van der Waals surface area contributed by atoms with Crippen LogP contribution < -0.4 is 10.6 Å². The minimum Gasteiger partial charge on any atom is -0.326 e. The summed E-state index contributed by atoms with van der Waals surface area (Å²) in [6, 6.07) is 6.36. The summed E-state index contributed by atoms with van der Waals surface area (Å²) < 4.78 is 0.977. The molecule has 0 fully saturated rings. The van der Waals surface area contributed by atoms with Crippen LogP contribution in [0.3, 0.4) is 0 Å². The van der Waals surface area contributed by atoms with Gasteiger partial charge in [-0.2, -0.15) is 0 Å². The van der Waals surface area contributed by atoms with Crippen LogP contribution in [0.4, 0.5) is 5.69 Å². The van der Waals surface area contributed by atoms with Crippen LogP contribution in [-0.2, 0) is 4.79 Å². The summed E-state index contributed by atoms with van der Waals surface area (Å²) in [5.74, 6) is 0.0711. The molecular formula is C14H21BrN2O. The summed E-state index contributed by atoms with van der Waals surface area (Å²) in [6.07, 6.45) is 1.41. The summed E-state index contributed by atoms with van der Waals surface area (Å²) in [7, 11) is 0. The molecule has 0 aliphatic carbocycles. The van der Waals surface area contributed by atoms with Crippen molar-refractivity contribution in [1.82, 2.24) is 5.32 Å². The highest BCUT2D eigenvalue weighted by Gasteiger charge is 2.05. The Bertz CT molecular complexity index is 405. The quantitative estimate of drug-likeness (QED) is 0.790. The van der Waals surface area contributed by atoms with Gasteiger partial charge in [-0.05, 0) is 37.6 Å². The minimum atomic E-state index is 0.0711. The number of hydrogen-bond acceptors (Lipinski definition) is 2. The largest absolute Gasteiger partial charge is 0.326 e. The highest BCUT2D eigenvalue weighted by molar-refractivity contribution is 9.10. The van der Waals surface area contributed by atoms with Crippen molar-refractivity contribution >= 4 is 27.5 Å². The fourth-order valence-electron chi connectivity index (χ4n) is 1.58. The van der Waals surface area contributed by atoms with Crippen molar-refractivity contribution in [2.24, 2.45) is 0 Å². The van der Waals surface area contributed by atoms with Crippen LogP contribution >= 0.6 is 15.9 Å². The molecule has 0 bridgehead atoms. The van der Waals surface area contributed by atoms with E-state index in [0.717, 1.165) is 28.7 Å². The Kier molecular flexibility index (Phi) is 6.36. The second-order valence-electron chi connectivity index (χ2n) is 4.72. The molecule has 0 saturated heterocycles. The lowest BCUT2D eigenvalue weighted by Crippen LogP contribution is -2.24. The standard InChI is InChI=1S/C14H21BrN2O/c1-10(2)16-8-4-5-14(18)17-13-9-12(15)7-6-11(13)3/h6-7,9-10,16H,4-5,8H2,1-3H3,(H,17,18). The van der Waals surface area contributed by atoms with E-state index in [2.05, 4.69) is 40.4 Å². The number of halogens is 1. The molecule has 0 aliphatic rings. The van der Waals surface area contributed by atoms with E-state index in [0.29, 0.717) is 12.5 Å². The number of rotatable bonds is 6. The molecule has 0 aromatic heterocycles. The van der Waals surface area contributed by atoms with E-state index in [1.807, 2.05) is 25.1 Å². The molecule has 0 radical (unpaired) electrons. The fraction of sp³-hybridized carbons (Fsp3) is 0.500. The molecule has 100 valence electrons. The highest BCUT2D eigenvalue weighted by Crippen LogP contribution is 2.20. The van der Waals surface area contributed by atoms with Crippen molar-refractivity contribution in [2.45, 2.75) is 39.7 Å². The fourth-order valence-corrected chi connectivity index (χ4v) is 1.94. The first-order valence-electron chi connectivity index (χ1n) is 6.28. The second-order valence-corrected chi connectivity index (χ2v) is 5.64. The third-order valence-electron chi connectivity index (χ3n) is 2.61. The van der Waals surface area contributed by atoms with E-state index in [1.54, 1.807) is 0 Å². The summed E-state index contributed by atoms with van der Waals surface area (Å²) in [5.41, 5.74) is 1.96. The molecule has 4 heteroatoms. The summed E-state index contributed by atoms with van der Waals surface area (Å²) in [4.78, 5) is 11.8. The van der Waals surface area contributed by atoms with E-state index in [4.69, 9.17) is 0 Å². The van der Waals surface area contributed by atoms with E-state index in [9.17, 15) is 4.79 Å². The lowest BCUT2D eigenvalue weighted by molar-refractivity contribution is -0.116. The summed E-state index contributed by atoms with van der Waals surface area (Å²) in [5, 5.41) is 6.24. The molecule has 0 heterocycles. The first-order valence-corrected chi connectivity index (χ1v) is 7.07. The highest BCUT2D eigenvalue weighted by atomic mass is 79.9. The van der Waals surface area contributed by atoms with Crippen molar-refractivity contribution in [1.29, 1.82) is 0 Å². The van der Waals surface area contributed by atoms with Crippen LogP contribution in [0.1, 0.15) is 32.3 Å². The molecule has 18 heavy (non-hydrogen) atoms. The van der Waals surface area contributed by atoms with Crippen molar-refractivity contribution in [2.75, 3.05) is 11.9 Å². The first-order chi connectivity index (χ1) is 8.49. The van der Waals surface area contributed by atoms with Crippen LogP contribution in [0.25, 0.3) is 0 Å². The molecule has 3 nitrogen and oxygen atoms in total. The van der Waals surface area contributed by atoms with Crippen LogP contribution in [0, 0.1) is 6.92 Å². The van der Waals surface area contributed by atoms with Crippen molar-refractivity contribution < 1.29 is 4.79 Å². The maximum Gasteiger partial charge on any atom is 0.224 e. The van der Waals surface area contributed by atoms with Crippen molar-refractivity contribution in [3.8, 4) is 0 Å². The van der Waals surface area contributed by atoms with Gasteiger partial charge in [0.2, 0.25) is 5.91 Å². The van der Waals surface area contributed by atoms with Gasteiger partial charge in [0, 0.05) is 22.6 Å². The van der Waals surface area contributed by atoms with Gasteiger partial charge in [0.05, 0.1) is 0 Å². The van der Waals surface area contributed by atoms with E-state index in [1.165, 1.54) is 0 Å². The number of benzene rings is 1. The Morgan fingerprint density at radius 3 is 2.78 bits per heavy atom. The zero-order chi connectivity index (χ0) is 13.5. The van der Waals surface area contributed by atoms with Gasteiger partial charge >= 0.3 is 0 Å². The predicted octanol–water partition coefficient (Wildman–Crippen LogP) is 3.47. The topological polar surface area (TPSA) is 41.1 Å². The molecule has 1 aromatic carbocycles. The molecule has 0 saturated carbocycles. The Hall–Kier alpha value is -0.870. The van der Waals surface area contributed by atoms with Crippen LogP contribution in [0.5, 0.6) is 0 Å². The van der Waals surface area contributed by atoms with E-state index < -0.39 is 0 Å². The SMILES string of the molecule is Cc1ccc(Br)cc1NC(=O)CCCNC(C)C. The van der Waals surface area contributed by atoms with Gasteiger partial charge < -0.3 is 10.6 Å². The number of carbonyl (C=O) groups is 1. The molecule has 0 spiro atoms. The molecule has 2 N–H and O–H groups in total. The zero-order valence-electron chi connectivity index (χ0n) is 11.2. The van der Waals surface area contributed by atoms with Crippen LogP contribution in [0.2, 0.25) is 0 Å². The molecule has 1 amide bonds. The number of aryl methyl sites for hydroxylation is 1. The Morgan fingerprint density at radius 1 is 1.39 bits per heavy atom. The third-order valence-corrected chi connectivity index (χ3v) is 3.10. The third kappa shape index (κ3) is 5.65. The maximum absolute atomic E-state index is 11.8. The van der Waals surface area contributed by atoms with Crippen LogP contribution in [0.15, 0.2) is 22.7 Å². The Labute approximate surface area is 117 Å². The molecule has 1 rings (SSSR count). The Balaban J connectivity index is 2.38. The smallest absolute Gasteiger partial charge is 0.224 e. The molecule has 0 aliphatic heterocycles. The number of anilines is 1.